The minimum Gasteiger partial charge on any atom is -0.396 e. The van der Waals surface area contributed by atoms with Crippen molar-refractivity contribution in [3.05, 3.63) is 0 Å². The zero-order valence-electron chi connectivity index (χ0n) is 7.39. The van der Waals surface area contributed by atoms with Gasteiger partial charge < -0.3 is 5.11 Å². The van der Waals surface area contributed by atoms with Crippen molar-refractivity contribution in [2.24, 2.45) is 5.92 Å². The second kappa shape index (κ2) is 5.59. The van der Waals surface area contributed by atoms with Gasteiger partial charge in [-0.15, -0.1) is 0 Å². The van der Waals surface area contributed by atoms with E-state index in [-0.39, 0.29) is 0 Å². The predicted octanol–water partition coefficient (Wildman–Crippen LogP) is 2.73. The Morgan fingerprint density at radius 2 is 1.27 bits per heavy atom. The zero-order valence-corrected chi connectivity index (χ0v) is 7.39. The van der Waals surface area contributed by atoms with Crippen molar-refractivity contribution in [2.45, 2.75) is 51.4 Å². The van der Waals surface area contributed by atoms with E-state index in [1.807, 2.05) is 0 Å². The molecule has 1 fully saturated rings. The molecule has 0 unspecified atom stereocenters. The lowest BCUT2D eigenvalue weighted by atomic mass is 9.98. The molecule has 0 aromatic heterocycles. The molecule has 0 saturated heterocycles. The maximum atomic E-state index is 9.00. The smallest absolute Gasteiger partial charge is 0.0459 e. The number of hydrogen-bond acceptors (Lipinski definition) is 1. The van der Waals surface area contributed by atoms with Crippen LogP contribution in [0.5, 0.6) is 0 Å². The second-order valence-corrected chi connectivity index (χ2v) is 3.75. The fourth-order valence-corrected chi connectivity index (χ4v) is 1.90. The van der Waals surface area contributed by atoms with Gasteiger partial charge in [-0.05, 0) is 18.8 Å². The third-order valence-corrected chi connectivity index (χ3v) is 2.73. The largest absolute Gasteiger partial charge is 0.396 e. The van der Waals surface area contributed by atoms with Gasteiger partial charge in [0.05, 0.1) is 0 Å². The summed E-state index contributed by atoms with van der Waals surface area (Å²) in [7, 11) is 0. The van der Waals surface area contributed by atoms with Crippen LogP contribution in [0.4, 0.5) is 0 Å². The normalized spacial score (nSPS) is 23.7. The molecule has 0 aromatic rings. The Bertz CT molecular complexity index is 80.9. The Morgan fingerprint density at radius 1 is 0.818 bits per heavy atom. The zero-order chi connectivity index (χ0) is 7.94. The van der Waals surface area contributed by atoms with Crippen LogP contribution in [-0.4, -0.2) is 11.7 Å². The molecule has 0 amide bonds. The highest BCUT2D eigenvalue weighted by molar-refractivity contribution is 4.61. The van der Waals surface area contributed by atoms with Gasteiger partial charge in [-0.25, -0.2) is 0 Å². The number of rotatable bonds is 1. The van der Waals surface area contributed by atoms with E-state index < -0.39 is 0 Å². The molecular weight excluding hydrogens is 136 g/mol. The molecule has 0 bridgehead atoms. The van der Waals surface area contributed by atoms with Crippen LogP contribution < -0.4 is 0 Å². The molecule has 0 atom stereocenters. The maximum Gasteiger partial charge on any atom is 0.0459 e. The molecule has 66 valence electrons. The van der Waals surface area contributed by atoms with E-state index in [1.165, 1.54) is 51.4 Å². The van der Waals surface area contributed by atoms with Crippen LogP contribution in [0.2, 0.25) is 0 Å². The first-order chi connectivity index (χ1) is 5.43. The Morgan fingerprint density at radius 3 is 1.73 bits per heavy atom. The van der Waals surface area contributed by atoms with Gasteiger partial charge in [0.1, 0.15) is 0 Å². The summed E-state index contributed by atoms with van der Waals surface area (Å²) < 4.78 is 0. The van der Waals surface area contributed by atoms with Crippen LogP contribution >= 0.6 is 0 Å². The summed E-state index contributed by atoms with van der Waals surface area (Å²) in [6, 6.07) is 0. The van der Waals surface area contributed by atoms with Crippen molar-refractivity contribution in [3.8, 4) is 0 Å². The van der Waals surface area contributed by atoms with Crippen molar-refractivity contribution < 1.29 is 5.11 Å². The third kappa shape index (κ3) is 3.76. The van der Waals surface area contributed by atoms with Crippen molar-refractivity contribution in [3.63, 3.8) is 0 Å². The highest BCUT2D eigenvalue weighted by atomic mass is 16.3. The molecule has 1 rings (SSSR count). The first-order valence-electron chi connectivity index (χ1n) is 5.04. The molecule has 1 saturated carbocycles. The summed E-state index contributed by atoms with van der Waals surface area (Å²) in [5, 5.41) is 9.00. The van der Waals surface area contributed by atoms with Gasteiger partial charge in [0, 0.05) is 6.61 Å². The first-order valence-corrected chi connectivity index (χ1v) is 5.04. The molecule has 11 heavy (non-hydrogen) atoms. The standard InChI is InChI=1S/C10H20O/c11-9-10-7-5-3-1-2-4-6-8-10/h10-11H,1-9H2. The fourth-order valence-electron chi connectivity index (χ4n) is 1.90. The molecular formula is C10H20O. The minimum absolute atomic E-state index is 0.417. The van der Waals surface area contributed by atoms with Gasteiger partial charge in [0.25, 0.3) is 0 Å². The Labute approximate surface area is 69.8 Å². The first kappa shape index (κ1) is 9.05. The average molecular weight is 156 g/mol. The van der Waals surface area contributed by atoms with Crippen LogP contribution in [0, 0.1) is 5.92 Å². The van der Waals surface area contributed by atoms with E-state index >= 15 is 0 Å². The maximum absolute atomic E-state index is 9.00. The molecule has 1 aliphatic carbocycles. The van der Waals surface area contributed by atoms with Gasteiger partial charge in [0.15, 0.2) is 0 Å². The third-order valence-electron chi connectivity index (χ3n) is 2.73. The van der Waals surface area contributed by atoms with Crippen LogP contribution in [0.1, 0.15) is 51.4 Å². The van der Waals surface area contributed by atoms with E-state index in [2.05, 4.69) is 0 Å². The Hall–Kier alpha value is -0.0400. The highest BCUT2D eigenvalue weighted by Gasteiger charge is 2.08. The van der Waals surface area contributed by atoms with Crippen LogP contribution in [0.15, 0.2) is 0 Å². The van der Waals surface area contributed by atoms with Crippen molar-refractivity contribution >= 4 is 0 Å². The molecule has 1 N–H and O–H groups in total. The van der Waals surface area contributed by atoms with Crippen molar-refractivity contribution in [2.75, 3.05) is 6.61 Å². The van der Waals surface area contributed by atoms with Crippen molar-refractivity contribution in [1.82, 2.24) is 0 Å². The summed E-state index contributed by atoms with van der Waals surface area (Å²) in [5.41, 5.74) is 0. The van der Waals surface area contributed by atoms with Crippen molar-refractivity contribution in [1.29, 1.82) is 0 Å². The van der Waals surface area contributed by atoms with Gasteiger partial charge in [0.2, 0.25) is 0 Å². The Balaban J connectivity index is 2.19. The minimum atomic E-state index is 0.417. The lowest BCUT2D eigenvalue weighted by Crippen LogP contribution is -2.04. The lowest BCUT2D eigenvalue weighted by molar-refractivity contribution is 0.207. The van der Waals surface area contributed by atoms with Gasteiger partial charge in [-0.1, -0.05) is 38.5 Å². The van der Waals surface area contributed by atoms with Crippen LogP contribution in [0.25, 0.3) is 0 Å². The number of hydrogen-bond donors (Lipinski definition) is 1. The van der Waals surface area contributed by atoms with E-state index in [0.717, 1.165) is 0 Å². The molecule has 0 radical (unpaired) electrons. The molecule has 0 aliphatic heterocycles. The molecule has 1 heteroatoms. The summed E-state index contributed by atoms with van der Waals surface area (Å²) >= 11 is 0. The fraction of sp³-hybridized carbons (Fsp3) is 1.00. The Kier molecular flexibility index (Phi) is 4.60. The van der Waals surface area contributed by atoms with E-state index in [4.69, 9.17) is 5.11 Å². The van der Waals surface area contributed by atoms with Gasteiger partial charge >= 0.3 is 0 Å². The SMILES string of the molecule is OCC1CCCCCCCC1. The summed E-state index contributed by atoms with van der Waals surface area (Å²) in [4.78, 5) is 0. The number of aliphatic hydroxyl groups excluding tert-OH is 1. The van der Waals surface area contributed by atoms with Crippen LogP contribution in [-0.2, 0) is 0 Å². The van der Waals surface area contributed by atoms with E-state index in [1.54, 1.807) is 0 Å². The summed E-state index contributed by atoms with van der Waals surface area (Å²) in [6.07, 6.45) is 10.8. The lowest BCUT2D eigenvalue weighted by Gasteiger charge is -2.11. The van der Waals surface area contributed by atoms with E-state index in [0.29, 0.717) is 12.5 Å². The summed E-state index contributed by atoms with van der Waals surface area (Å²) in [6.45, 7) is 0.417. The monoisotopic (exact) mass is 156 g/mol. The predicted molar refractivity (Wildman–Crippen MR) is 47.5 cm³/mol. The van der Waals surface area contributed by atoms with Crippen LogP contribution in [0.3, 0.4) is 0 Å². The topological polar surface area (TPSA) is 20.2 Å². The molecule has 1 nitrogen and oxygen atoms in total. The molecule has 0 heterocycles. The quantitative estimate of drug-likeness (QED) is 0.619. The van der Waals surface area contributed by atoms with E-state index in [9.17, 15) is 0 Å². The van der Waals surface area contributed by atoms with Gasteiger partial charge in [-0.3, -0.25) is 0 Å². The summed E-state index contributed by atoms with van der Waals surface area (Å²) in [5.74, 6) is 0.619. The molecule has 0 aromatic carbocycles. The molecule has 1 aliphatic rings. The molecule has 0 spiro atoms. The number of aliphatic hydroxyl groups is 1. The second-order valence-electron chi connectivity index (χ2n) is 3.75. The van der Waals surface area contributed by atoms with Gasteiger partial charge in [-0.2, -0.15) is 0 Å². The average Bonchev–Trinajstić information content (AvgIpc) is 2.16. The highest BCUT2D eigenvalue weighted by Crippen LogP contribution is 2.20.